The van der Waals surface area contributed by atoms with E-state index in [-0.39, 0.29) is 24.9 Å². The fraction of sp³-hybridized carbons (Fsp3) is 0.429. The maximum Gasteiger partial charge on any atom is 0.251 e. The summed E-state index contributed by atoms with van der Waals surface area (Å²) in [6.45, 7) is 1.96. The number of hydrogen-bond acceptors (Lipinski definition) is 4. The lowest BCUT2D eigenvalue weighted by atomic mass is 9.69. The zero-order valence-electron chi connectivity index (χ0n) is 16.4. The average molecular weight is 418 g/mol. The average Bonchev–Trinajstić information content (AvgIpc) is 2.95. The van der Waals surface area contributed by atoms with Crippen LogP contribution in [0.4, 0.5) is 19.0 Å². The van der Waals surface area contributed by atoms with Crippen LogP contribution < -0.4 is 10.2 Å². The number of amides is 2. The summed E-state index contributed by atoms with van der Waals surface area (Å²) >= 11 is 0. The maximum atomic E-state index is 14.6. The molecular formula is C21H21F3N4O2. The molecule has 0 radical (unpaired) electrons. The Morgan fingerprint density at radius 2 is 2.07 bits per heavy atom. The van der Waals surface area contributed by atoms with E-state index in [9.17, 15) is 22.8 Å². The second-order valence-electron chi connectivity index (χ2n) is 8.07. The molecule has 4 rings (SSSR count). The van der Waals surface area contributed by atoms with Crippen molar-refractivity contribution in [2.45, 2.75) is 44.6 Å². The lowest BCUT2D eigenvalue weighted by Gasteiger charge is -2.40. The first-order valence-corrected chi connectivity index (χ1v) is 9.73. The van der Waals surface area contributed by atoms with E-state index >= 15 is 0 Å². The van der Waals surface area contributed by atoms with Crippen LogP contribution in [0.2, 0.25) is 0 Å². The fourth-order valence-corrected chi connectivity index (χ4v) is 4.53. The van der Waals surface area contributed by atoms with Crippen LogP contribution in [0.1, 0.15) is 41.9 Å². The molecule has 6 nitrogen and oxygen atoms in total. The van der Waals surface area contributed by atoms with Crippen molar-refractivity contribution in [3.8, 4) is 0 Å². The van der Waals surface area contributed by atoms with Crippen LogP contribution in [0, 0.1) is 18.2 Å². The summed E-state index contributed by atoms with van der Waals surface area (Å²) in [6.07, 6.45) is 0.745. The van der Waals surface area contributed by atoms with Crippen molar-refractivity contribution in [2.24, 2.45) is 5.41 Å². The number of alkyl halides is 2. The van der Waals surface area contributed by atoms with Gasteiger partial charge in [-0.3, -0.25) is 14.5 Å². The van der Waals surface area contributed by atoms with Gasteiger partial charge in [0.25, 0.3) is 11.8 Å². The first kappa shape index (κ1) is 20.3. The number of rotatable bonds is 3. The van der Waals surface area contributed by atoms with Crippen molar-refractivity contribution in [2.75, 3.05) is 11.4 Å². The monoisotopic (exact) mass is 418 g/mol. The van der Waals surface area contributed by atoms with E-state index in [1.54, 1.807) is 13.0 Å². The van der Waals surface area contributed by atoms with E-state index in [0.29, 0.717) is 11.6 Å². The van der Waals surface area contributed by atoms with Gasteiger partial charge in [-0.1, -0.05) is 6.07 Å². The van der Waals surface area contributed by atoms with Gasteiger partial charge < -0.3 is 5.32 Å². The molecule has 2 aromatic rings. The second-order valence-corrected chi connectivity index (χ2v) is 8.07. The van der Waals surface area contributed by atoms with E-state index < -0.39 is 47.9 Å². The van der Waals surface area contributed by atoms with Gasteiger partial charge in [-0.25, -0.2) is 23.1 Å². The number of nitrogens with one attached hydrogen (secondary N) is 1. The number of aromatic nitrogens is 2. The zero-order valence-corrected chi connectivity index (χ0v) is 16.4. The highest BCUT2D eigenvalue weighted by Gasteiger charge is 2.57. The molecule has 1 aliphatic heterocycles. The molecule has 1 aliphatic carbocycles. The van der Waals surface area contributed by atoms with Gasteiger partial charge in [-0.05, 0) is 44.0 Å². The number of aryl methyl sites for hydroxylation is 1. The highest BCUT2D eigenvalue weighted by atomic mass is 19.3. The van der Waals surface area contributed by atoms with Crippen LogP contribution >= 0.6 is 0 Å². The molecule has 1 spiro atoms. The summed E-state index contributed by atoms with van der Waals surface area (Å²) in [7, 11) is 0. The van der Waals surface area contributed by atoms with Gasteiger partial charge in [-0.15, -0.1) is 0 Å². The summed E-state index contributed by atoms with van der Waals surface area (Å²) in [5.74, 6) is -3.87. The minimum Gasteiger partial charge on any atom is -0.349 e. The number of hydrogen-bond donors (Lipinski definition) is 1. The normalized spacial score (nSPS) is 25.5. The Labute approximate surface area is 171 Å². The van der Waals surface area contributed by atoms with Crippen molar-refractivity contribution < 1.29 is 22.8 Å². The van der Waals surface area contributed by atoms with Gasteiger partial charge in [0.1, 0.15) is 17.5 Å². The van der Waals surface area contributed by atoms with Crippen LogP contribution in [-0.4, -0.2) is 40.3 Å². The highest BCUT2D eigenvalue weighted by molar-refractivity contribution is 5.99. The van der Waals surface area contributed by atoms with Crippen LogP contribution in [0.5, 0.6) is 0 Å². The number of benzene rings is 1. The van der Waals surface area contributed by atoms with E-state index in [0.717, 1.165) is 6.07 Å². The molecule has 9 heteroatoms. The number of halogens is 3. The van der Waals surface area contributed by atoms with Crippen molar-refractivity contribution in [1.29, 1.82) is 0 Å². The lowest BCUT2D eigenvalue weighted by Crippen LogP contribution is -2.52. The summed E-state index contributed by atoms with van der Waals surface area (Å²) in [5.41, 5.74) is -1.23. The van der Waals surface area contributed by atoms with Gasteiger partial charge in [0.2, 0.25) is 5.91 Å². The van der Waals surface area contributed by atoms with E-state index in [1.165, 1.54) is 29.3 Å². The third-order valence-corrected chi connectivity index (χ3v) is 5.75. The number of anilines is 1. The van der Waals surface area contributed by atoms with Gasteiger partial charge in [-0.2, -0.15) is 0 Å². The minimum absolute atomic E-state index is 0.0498. The second kappa shape index (κ2) is 7.37. The SMILES string of the molecule is Cc1nccc(N2CC[C@@]3(C[C@@H](NC(=O)c4cccc(F)c4)CC(F)(F)C3)C2=O)n1. The molecule has 1 N–H and O–H groups in total. The van der Waals surface area contributed by atoms with Crippen LogP contribution in [0.15, 0.2) is 36.5 Å². The molecule has 2 amide bonds. The molecule has 2 heterocycles. The summed E-state index contributed by atoms with van der Waals surface area (Å²) in [4.78, 5) is 35.3. The molecule has 1 saturated carbocycles. The molecular weight excluding hydrogens is 397 g/mol. The van der Waals surface area contributed by atoms with Crippen LogP contribution in [0.25, 0.3) is 0 Å². The molecule has 30 heavy (non-hydrogen) atoms. The molecule has 0 unspecified atom stereocenters. The predicted molar refractivity (Wildman–Crippen MR) is 103 cm³/mol. The molecule has 158 valence electrons. The zero-order chi connectivity index (χ0) is 21.5. The Morgan fingerprint density at radius 1 is 1.27 bits per heavy atom. The van der Waals surface area contributed by atoms with E-state index in [2.05, 4.69) is 15.3 Å². The third kappa shape index (κ3) is 3.88. The lowest BCUT2D eigenvalue weighted by molar-refractivity contribution is -0.140. The standard InChI is InChI=1S/C21H21F3N4O2/c1-13-25-7-5-17(26-13)28-8-6-20(19(28)30)10-16(11-21(23,24)12-20)27-18(29)14-3-2-4-15(22)9-14/h2-5,7,9,16H,6,8,10-12H2,1H3,(H,27,29)/t16-,20+/m1/s1. The van der Waals surface area contributed by atoms with Crippen molar-refractivity contribution in [1.82, 2.24) is 15.3 Å². The highest BCUT2D eigenvalue weighted by Crippen LogP contribution is 2.51. The summed E-state index contributed by atoms with van der Waals surface area (Å²) in [5, 5.41) is 2.57. The summed E-state index contributed by atoms with van der Waals surface area (Å²) < 4.78 is 42.6. The first-order valence-electron chi connectivity index (χ1n) is 9.73. The predicted octanol–water partition coefficient (Wildman–Crippen LogP) is 3.27. The fourth-order valence-electron chi connectivity index (χ4n) is 4.53. The molecule has 2 fully saturated rings. The number of nitrogens with zero attached hydrogens (tertiary/aromatic N) is 3. The third-order valence-electron chi connectivity index (χ3n) is 5.75. The molecule has 1 aromatic carbocycles. The van der Waals surface area contributed by atoms with Crippen LogP contribution in [-0.2, 0) is 4.79 Å². The topological polar surface area (TPSA) is 75.2 Å². The first-order chi connectivity index (χ1) is 14.2. The van der Waals surface area contributed by atoms with Gasteiger partial charge >= 0.3 is 0 Å². The maximum absolute atomic E-state index is 14.6. The smallest absolute Gasteiger partial charge is 0.251 e. The molecule has 0 bridgehead atoms. The molecule has 1 aromatic heterocycles. The molecule has 2 aliphatic rings. The van der Waals surface area contributed by atoms with Gasteiger partial charge in [0, 0.05) is 37.2 Å². The van der Waals surface area contributed by atoms with Gasteiger partial charge in [0.15, 0.2) is 0 Å². The van der Waals surface area contributed by atoms with Gasteiger partial charge in [0.05, 0.1) is 5.41 Å². The number of carbonyl (C=O) groups is 2. The Kier molecular flexibility index (Phi) is 4.99. The van der Waals surface area contributed by atoms with Crippen molar-refractivity contribution >= 4 is 17.6 Å². The molecule has 2 atom stereocenters. The number of carbonyl (C=O) groups excluding carboxylic acids is 2. The van der Waals surface area contributed by atoms with Crippen molar-refractivity contribution in [3.05, 3.63) is 53.7 Å². The largest absolute Gasteiger partial charge is 0.349 e. The molecule has 1 saturated heterocycles. The van der Waals surface area contributed by atoms with Crippen LogP contribution in [0.3, 0.4) is 0 Å². The minimum atomic E-state index is -3.11. The Bertz CT molecular complexity index is 1000. The Hall–Kier alpha value is -2.97. The quantitative estimate of drug-likeness (QED) is 0.830. The summed E-state index contributed by atoms with van der Waals surface area (Å²) in [6, 6.07) is 5.71. The Balaban J connectivity index is 1.55. The van der Waals surface area contributed by atoms with E-state index in [1.807, 2.05) is 0 Å². The van der Waals surface area contributed by atoms with E-state index in [4.69, 9.17) is 0 Å². The van der Waals surface area contributed by atoms with Crippen molar-refractivity contribution in [3.63, 3.8) is 0 Å². The Morgan fingerprint density at radius 3 is 2.80 bits per heavy atom.